The van der Waals surface area contributed by atoms with Crippen LogP contribution in [0.4, 0.5) is 0 Å². The third kappa shape index (κ3) is 2.43. The number of carbonyl (C=O) groups is 1. The van der Waals surface area contributed by atoms with E-state index in [-0.39, 0.29) is 12.2 Å². The molecule has 0 unspecified atom stereocenters. The summed E-state index contributed by atoms with van der Waals surface area (Å²) in [5.74, 6) is 0.544. The first-order chi connectivity index (χ1) is 7.36. The number of rotatable bonds is 3. The molecule has 74 valence electrons. The van der Waals surface area contributed by atoms with Crippen molar-refractivity contribution >= 4 is 5.78 Å². The molecule has 0 spiro atoms. The third-order valence-corrected chi connectivity index (χ3v) is 1.94. The zero-order valence-electron chi connectivity index (χ0n) is 8.00. The van der Waals surface area contributed by atoms with Gasteiger partial charge in [-0.25, -0.2) is 9.97 Å². The van der Waals surface area contributed by atoms with Gasteiger partial charge in [0.05, 0.1) is 6.42 Å². The van der Waals surface area contributed by atoms with Crippen LogP contribution < -0.4 is 0 Å². The Kier molecular flexibility index (Phi) is 2.78. The Morgan fingerprint density at radius 1 is 1.07 bits per heavy atom. The number of hydrogen-bond donors (Lipinski definition) is 0. The lowest BCUT2D eigenvalue weighted by molar-refractivity contribution is 0.0990. The molecule has 0 saturated carbocycles. The Bertz CT molecular complexity index is 442. The van der Waals surface area contributed by atoms with Crippen molar-refractivity contribution in [2.45, 2.75) is 6.42 Å². The molecule has 15 heavy (non-hydrogen) atoms. The van der Waals surface area contributed by atoms with Crippen molar-refractivity contribution in [3.8, 4) is 0 Å². The third-order valence-electron chi connectivity index (χ3n) is 1.94. The van der Waals surface area contributed by atoms with Gasteiger partial charge in [0.2, 0.25) is 0 Å². The van der Waals surface area contributed by atoms with Gasteiger partial charge in [-0.1, -0.05) is 0 Å². The normalized spacial score (nSPS) is 9.87. The molecule has 0 aliphatic heterocycles. The van der Waals surface area contributed by atoms with Crippen molar-refractivity contribution < 1.29 is 4.79 Å². The summed E-state index contributed by atoms with van der Waals surface area (Å²) in [4.78, 5) is 23.6. The molecular weight excluding hydrogens is 190 g/mol. The average molecular weight is 199 g/mol. The molecule has 2 rings (SSSR count). The monoisotopic (exact) mass is 199 g/mol. The second-order valence-corrected chi connectivity index (χ2v) is 3.00. The highest BCUT2D eigenvalue weighted by Gasteiger charge is 2.07. The van der Waals surface area contributed by atoms with Crippen molar-refractivity contribution in [1.82, 2.24) is 15.0 Å². The maximum absolute atomic E-state index is 11.7. The lowest BCUT2D eigenvalue weighted by Crippen LogP contribution is -2.06. The smallest absolute Gasteiger partial charge is 0.170 e. The van der Waals surface area contributed by atoms with Gasteiger partial charge in [-0.2, -0.15) is 0 Å². The van der Waals surface area contributed by atoms with Gasteiger partial charge in [0.1, 0.15) is 5.82 Å². The molecule has 0 aliphatic rings. The van der Waals surface area contributed by atoms with Crippen molar-refractivity contribution in [2.24, 2.45) is 0 Å². The minimum absolute atomic E-state index is 0.00333. The Balaban J connectivity index is 2.12. The fourth-order valence-electron chi connectivity index (χ4n) is 1.20. The van der Waals surface area contributed by atoms with Crippen molar-refractivity contribution in [3.63, 3.8) is 0 Å². The fraction of sp³-hybridized carbons (Fsp3) is 0.0909. The van der Waals surface area contributed by atoms with Crippen molar-refractivity contribution in [2.75, 3.05) is 0 Å². The Hall–Kier alpha value is -2.10. The van der Waals surface area contributed by atoms with E-state index in [4.69, 9.17) is 0 Å². The van der Waals surface area contributed by atoms with E-state index in [1.807, 2.05) is 0 Å². The van der Waals surface area contributed by atoms with Crippen LogP contribution in [0.2, 0.25) is 0 Å². The molecule has 0 aliphatic carbocycles. The zero-order chi connectivity index (χ0) is 10.5. The second kappa shape index (κ2) is 4.41. The Morgan fingerprint density at radius 3 is 2.40 bits per heavy atom. The first-order valence-corrected chi connectivity index (χ1v) is 4.55. The number of carbonyl (C=O) groups excluding carboxylic acids is 1. The minimum Gasteiger partial charge on any atom is -0.294 e. The minimum atomic E-state index is 0.00333. The van der Waals surface area contributed by atoms with E-state index in [1.54, 1.807) is 43.0 Å². The molecule has 0 aromatic carbocycles. The maximum atomic E-state index is 11.7. The van der Waals surface area contributed by atoms with Crippen molar-refractivity contribution in [1.29, 1.82) is 0 Å². The largest absolute Gasteiger partial charge is 0.294 e. The van der Waals surface area contributed by atoms with E-state index in [9.17, 15) is 4.79 Å². The molecule has 4 heteroatoms. The van der Waals surface area contributed by atoms with E-state index in [2.05, 4.69) is 15.0 Å². The van der Waals surface area contributed by atoms with Gasteiger partial charge >= 0.3 is 0 Å². The Morgan fingerprint density at radius 2 is 1.73 bits per heavy atom. The highest BCUT2D eigenvalue weighted by Crippen LogP contribution is 2.02. The molecule has 4 nitrogen and oxygen atoms in total. The maximum Gasteiger partial charge on any atom is 0.170 e. The molecule has 0 amide bonds. The van der Waals surface area contributed by atoms with Gasteiger partial charge in [0.25, 0.3) is 0 Å². The van der Waals surface area contributed by atoms with Crippen LogP contribution in [-0.4, -0.2) is 20.7 Å². The summed E-state index contributed by atoms with van der Waals surface area (Å²) in [6, 6.07) is 5.09. The van der Waals surface area contributed by atoms with Crippen LogP contribution in [0.1, 0.15) is 16.2 Å². The van der Waals surface area contributed by atoms with Crippen LogP contribution in [0.25, 0.3) is 0 Å². The highest BCUT2D eigenvalue weighted by molar-refractivity contribution is 5.96. The zero-order valence-corrected chi connectivity index (χ0v) is 8.00. The molecule has 2 aromatic rings. The summed E-state index contributed by atoms with van der Waals surface area (Å²) in [6.07, 6.45) is 6.67. The molecule has 0 saturated heterocycles. The van der Waals surface area contributed by atoms with Crippen LogP contribution in [-0.2, 0) is 6.42 Å². The first kappa shape index (κ1) is 9.45. The molecule has 0 fully saturated rings. The van der Waals surface area contributed by atoms with Crippen LogP contribution in [0, 0.1) is 0 Å². The summed E-state index contributed by atoms with van der Waals surface area (Å²) in [5.41, 5.74) is 0.637. The molecule has 0 radical (unpaired) electrons. The summed E-state index contributed by atoms with van der Waals surface area (Å²) >= 11 is 0. The highest BCUT2D eigenvalue weighted by atomic mass is 16.1. The summed E-state index contributed by atoms with van der Waals surface area (Å²) in [5, 5.41) is 0. The summed E-state index contributed by atoms with van der Waals surface area (Å²) in [7, 11) is 0. The number of hydrogen-bond acceptors (Lipinski definition) is 4. The van der Waals surface area contributed by atoms with Crippen molar-refractivity contribution in [3.05, 3.63) is 54.4 Å². The average Bonchev–Trinajstić information content (AvgIpc) is 2.31. The first-order valence-electron chi connectivity index (χ1n) is 4.55. The van der Waals surface area contributed by atoms with Gasteiger partial charge < -0.3 is 0 Å². The van der Waals surface area contributed by atoms with Crippen LogP contribution in [0.5, 0.6) is 0 Å². The molecule has 0 atom stereocenters. The van der Waals surface area contributed by atoms with Crippen LogP contribution >= 0.6 is 0 Å². The quantitative estimate of drug-likeness (QED) is 0.699. The topological polar surface area (TPSA) is 55.7 Å². The Labute approximate surface area is 87.0 Å². The second-order valence-electron chi connectivity index (χ2n) is 3.00. The number of aromatic nitrogens is 3. The molecule has 2 aromatic heterocycles. The van der Waals surface area contributed by atoms with Crippen LogP contribution in [0.15, 0.2) is 43.0 Å². The fourth-order valence-corrected chi connectivity index (χ4v) is 1.20. The van der Waals surface area contributed by atoms with E-state index in [0.717, 1.165) is 0 Å². The van der Waals surface area contributed by atoms with E-state index in [0.29, 0.717) is 11.4 Å². The van der Waals surface area contributed by atoms with Gasteiger partial charge in [-0.3, -0.25) is 9.78 Å². The van der Waals surface area contributed by atoms with Gasteiger partial charge in [0, 0.05) is 30.4 Å². The van der Waals surface area contributed by atoms with Gasteiger partial charge in [-0.05, 0) is 18.2 Å². The predicted octanol–water partition coefficient (Wildman–Crippen LogP) is 1.30. The summed E-state index contributed by atoms with van der Waals surface area (Å²) in [6.45, 7) is 0. The van der Waals surface area contributed by atoms with E-state index in [1.165, 1.54) is 0 Å². The molecule has 0 bridgehead atoms. The van der Waals surface area contributed by atoms with Crippen LogP contribution in [0.3, 0.4) is 0 Å². The number of pyridine rings is 1. The van der Waals surface area contributed by atoms with E-state index < -0.39 is 0 Å². The molecule has 0 N–H and O–H groups in total. The lowest BCUT2D eigenvalue weighted by Gasteiger charge is -1.98. The van der Waals surface area contributed by atoms with Gasteiger partial charge in [-0.15, -0.1) is 0 Å². The molecular formula is C11H9N3O. The predicted molar refractivity (Wildman–Crippen MR) is 54.3 cm³/mol. The summed E-state index contributed by atoms with van der Waals surface area (Å²) < 4.78 is 0. The van der Waals surface area contributed by atoms with E-state index >= 15 is 0 Å². The SMILES string of the molecule is O=C(Cc1ncccn1)c1ccncc1. The number of nitrogens with zero attached hydrogens (tertiary/aromatic N) is 3. The standard InChI is InChI=1S/C11H9N3O/c15-10(9-2-6-12-7-3-9)8-11-13-4-1-5-14-11/h1-7H,8H2. The molecule has 2 heterocycles. The number of Topliss-reactive ketones (excluding diaryl/α,β-unsaturated/α-hetero) is 1. The lowest BCUT2D eigenvalue weighted by atomic mass is 10.1. The number of ketones is 1. The van der Waals surface area contributed by atoms with Gasteiger partial charge in [0.15, 0.2) is 5.78 Å².